The Balaban J connectivity index is 1.42. The summed E-state index contributed by atoms with van der Waals surface area (Å²) in [5, 5.41) is 15.3. The number of benzene rings is 2. The zero-order valence-electron chi connectivity index (χ0n) is 21.5. The van der Waals surface area contributed by atoms with Gasteiger partial charge in [0, 0.05) is 22.6 Å². The third-order valence-corrected chi connectivity index (χ3v) is 7.42. The van der Waals surface area contributed by atoms with E-state index >= 15 is 0 Å². The molecular weight excluding hydrogens is 555 g/mol. The van der Waals surface area contributed by atoms with Crippen molar-refractivity contribution in [1.29, 1.82) is 5.26 Å². The highest BCUT2D eigenvalue weighted by Crippen LogP contribution is 2.43. The molecule has 1 aliphatic carbocycles. The summed E-state index contributed by atoms with van der Waals surface area (Å²) in [7, 11) is 0. The number of ether oxygens (including phenoxy) is 1. The minimum Gasteiger partial charge on any atom is -0.444 e. The predicted octanol–water partition coefficient (Wildman–Crippen LogP) is 5.18. The summed E-state index contributed by atoms with van der Waals surface area (Å²) in [5.74, 6) is -1.35. The number of halogens is 2. The molecule has 1 aliphatic heterocycles. The van der Waals surface area contributed by atoms with Crippen LogP contribution in [0.2, 0.25) is 0 Å². The van der Waals surface area contributed by atoms with E-state index < -0.39 is 35.5 Å². The zero-order chi connectivity index (χ0) is 27.6. The molecule has 38 heavy (non-hydrogen) atoms. The second-order valence-corrected chi connectivity index (χ2v) is 11.6. The number of nitrogens with zero attached hydrogens (tertiary/aromatic N) is 2. The molecule has 4 rings (SSSR count). The van der Waals surface area contributed by atoms with E-state index in [1.54, 1.807) is 49.9 Å². The number of carbonyl (C=O) groups is 3. The van der Waals surface area contributed by atoms with Crippen molar-refractivity contribution in [2.45, 2.75) is 70.2 Å². The number of nitriles is 1. The summed E-state index contributed by atoms with van der Waals surface area (Å²) in [6.07, 6.45) is 2.12. The van der Waals surface area contributed by atoms with Gasteiger partial charge in [-0.25, -0.2) is 9.18 Å². The van der Waals surface area contributed by atoms with Crippen LogP contribution >= 0.6 is 15.9 Å². The third-order valence-electron chi connectivity index (χ3n) is 6.73. The number of anilines is 1. The van der Waals surface area contributed by atoms with Gasteiger partial charge in [-0.3, -0.25) is 14.5 Å². The van der Waals surface area contributed by atoms with Gasteiger partial charge in [0.05, 0.1) is 11.6 Å². The van der Waals surface area contributed by atoms with E-state index in [1.165, 1.54) is 12.1 Å². The van der Waals surface area contributed by atoms with Crippen LogP contribution in [0.25, 0.3) is 0 Å². The van der Waals surface area contributed by atoms with Crippen LogP contribution in [0.1, 0.15) is 56.0 Å². The lowest BCUT2D eigenvalue weighted by atomic mass is 9.97. The van der Waals surface area contributed by atoms with Gasteiger partial charge in [0.2, 0.25) is 5.91 Å². The average Bonchev–Trinajstić information content (AvgIpc) is 3.46. The minimum atomic E-state index is -0.842. The molecule has 3 amide bonds. The topological polar surface area (TPSA) is 112 Å². The number of carbonyl (C=O) groups excluding carboxylic acids is 3. The number of hydrogen-bond acceptors (Lipinski definition) is 5. The fraction of sp³-hybridized carbons (Fsp3) is 0.429. The summed E-state index contributed by atoms with van der Waals surface area (Å²) < 4.78 is 19.6. The highest BCUT2D eigenvalue weighted by molar-refractivity contribution is 9.10. The predicted molar refractivity (Wildman–Crippen MR) is 143 cm³/mol. The number of amides is 3. The fourth-order valence-corrected chi connectivity index (χ4v) is 5.60. The zero-order valence-corrected chi connectivity index (χ0v) is 23.0. The van der Waals surface area contributed by atoms with Crippen molar-refractivity contribution in [2.24, 2.45) is 5.92 Å². The molecule has 2 aromatic rings. The first-order valence-electron chi connectivity index (χ1n) is 12.5. The van der Waals surface area contributed by atoms with Gasteiger partial charge in [-0.1, -0.05) is 12.1 Å². The van der Waals surface area contributed by atoms with E-state index in [0.717, 1.165) is 25.3 Å². The molecule has 0 aromatic heterocycles. The van der Waals surface area contributed by atoms with Gasteiger partial charge in [0.25, 0.3) is 5.91 Å². The molecule has 2 fully saturated rings. The number of fused-ring (bicyclic) bond motifs is 2. The summed E-state index contributed by atoms with van der Waals surface area (Å²) in [5.41, 5.74) is 0.652. The minimum absolute atomic E-state index is 0.0348. The van der Waals surface area contributed by atoms with E-state index in [2.05, 4.69) is 32.6 Å². The highest BCUT2D eigenvalue weighted by atomic mass is 79.9. The summed E-state index contributed by atoms with van der Waals surface area (Å²) in [6, 6.07) is 11.3. The Labute approximate surface area is 229 Å². The summed E-state index contributed by atoms with van der Waals surface area (Å²) in [6.45, 7) is 5.36. The van der Waals surface area contributed by atoms with Crippen molar-refractivity contribution in [2.75, 3.05) is 5.32 Å². The van der Waals surface area contributed by atoms with Gasteiger partial charge in [-0.15, -0.1) is 0 Å². The van der Waals surface area contributed by atoms with E-state index in [1.807, 2.05) is 0 Å². The molecule has 2 aliphatic rings. The number of nitrogens with one attached hydrogen (secondary N) is 2. The van der Waals surface area contributed by atoms with Crippen molar-refractivity contribution in [3.8, 4) is 6.07 Å². The van der Waals surface area contributed by atoms with Crippen molar-refractivity contribution >= 4 is 39.5 Å². The van der Waals surface area contributed by atoms with E-state index in [4.69, 9.17) is 4.74 Å². The van der Waals surface area contributed by atoms with Gasteiger partial charge in [0.1, 0.15) is 23.5 Å². The number of hydrogen-bond donors (Lipinski definition) is 2. The number of rotatable bonds is 6. The van der Waals surface area contributed by atoms with E-state index in [-0.39, 0.29) is 29.9 Å². The van der Waals surface area contributed by atoms with Crippen LogP contribution in [-0.2, 0) is 16.0 Å². The maximum Gasteiger partial charge on any atom is 0.411 e. The summed E-state index contributed by atoms with van der Waals surface area (Å²) >= 11 is 3.25. The molecular formula is C28H30BrFN4O4. The first kappa shape index (κ1) is 27.6. The van der Waals surface area contributed by atoms with Crippen LogP contribution in [0.4, 0.5) is 14.9 Å². The molecule has 2 bridgehead atoms. The van der Waals surface area contributed by atoms with E-state index in [0.29, 0.717) is 15.7 Å². The van der Waals surface area contributed by atoms with Gasteiger partial charge in [-0.2, -0.15) is 5.26 Å². The Bertz CT molecular complexity index is 1290. The lowest BCUT2D eigenvalue weighted by Crippen LogP contribution is -2.55. The first-order valence-corrected chi connectivity index (χ1v) is 13.3. The largest absolute Gasteiger partial charge is 0.444 e. The first-order chi connectivity index (χ1) is 17.9. The third kappa shape index (κ3) is 6.33. The Kier molecular flexibility index (Phi) is 8.07. The molecule has 1 saturated heterocycles. The maximum absolute atomic E-state index is 13.6. The fourth-order valence-electron chi connectivity index (χ4n) is 5.17. The van der Waals surface area contributed by atoms with Crippen LogP contribution in [-0.4, -0.2) is 46.5 Å². The molecule has 0 radical (unpaired) electrons. The SMILES string of the molecule is CC(C)(C)OC(=O)N1[C@@H]2CC[C@@H](C2)[C@H]1C(=O)NC(C#N)Cc1cccc(NC(=O)c2cc(F)ccc2Br)c1. The van der Waals surface area contributed by atoms with Crippen molar-refractivity contribution in [3.05, 3.63) is 63.9 Å². The normalized spacial score (nSPS) is 20.9. The van der Waals surface area contributed by atoms with Crippen LogP contribution < -0.4 is 10.6 Å². The molecule has 0 spiro atoms. The maximum atomic E-state index is 13.6. The summed E-state index contributed by atoms with van der Waals surface area (Å²) in [4.78, 5) is 40.4. The quantitative estimate of drug-likeness (QED) is 0.486. The van der Waals surface area contributed by atoms with Crippen LogP contribution in [0.5, 0.6) is 0 Å². The van der Waals surface area contributed by atoms with Crippen molar-refractivity contribution < 1.29 is 23.5 Å². The number of likely N-dealkylation sites (tertiary alicyclic amines) is 1. The second-order valence-electron chi connectivity index (χ2n) is 10.7. The Hall–Kier alpha value is -3.45. The monoisotopic (exact) mass is 584 g/mol. The van der Waals surface area contributed by atoms with Crippen molar-refractivity contribution in [1.82, 2.24) is 10.2 Å². The Morgan fingerprint density at radius 2 is 1.97 bits per heavy atom. The molecule has 2 aromatic carbocycles. The van der Waals surface area contributed by atoms with Crippen LogP contribution in [0.15, 0.2) is 46.9 Å². The Morgan fingerprint density at radius 1 is 1.21 bits per heavy atom. The lowest BCUT2D eigenvalue weighted by Gasteiger charge is -2.35. The van der Waals surface area contributed by atoms with Gasteiger partial charge >= 0.3 is 6.09 Å². The van der Waals surface area contributed by atoms with Gasteiger partial charge < -0.3 is 15.4 Å². The van der Waals surface area contributed by atoms with E-state index in [9.17, 15) is 24.0 Å². The number of piperidine rings is 1. The standard InChI is InChI=1S/C28H30BrFN4O4/c1-28(2,3)38-27(37)34-21-9-7-17(13-21)24(34)26(36)33-20(15-31)12-16-5-4-6-19(11-16)32-25(35)22-14-18(30)8-10-23(22)29/h4-6,8,10-11,14,17,20-21,24H,7,9,12-13H2,1-3H3,(H,32,35)(H,33,36)/t17-,20?,21+,24-/m0/s1. The molecule has 10 heteroatoms. The molecule has 8 nitrogen and oxygen atoms in total. The molecule has 2 N–H and O–H groups in total. The average molecular weight is 585 g/mol. The highest BCUT2D eigenvalue weighted by Gasteiger charge is 2.52. The Morgan fingerprint density at radius 3 is 2.68 bits per heavy atom. The molecule has 1 heterocycles. The molecule has 1 unspecified atom stereocenters. The second kappa shape index (κ2) is 11.1. The smallest absolute Gasteiger partial charge is 0.411 e. The lowest BCUT2D eigenvalue weighted by molar-refractivity contribution is -0.128. The van der Waals surface area contributed by atoms with Crippen LogP contribution in [0.3, 0.4) is 0 Å². The molecule has 1 saturated carbocycles. The van der Waals surface area contributed by atoms with Crippen LogP contribution in [0, 0.1) is 23.1 Å². The molecule has 200 valence electrons. The van der Waals surface area contributed by atoms with Gasteiger partial charge in [-0.05, 0) is 97.8 Å². The van der Waals surface area contributed by atoms with Gasteiger partial charge in [0.15, 0.2) is 0 Å². The van der Waals surface area contributed by atoms with Crippen molar-refractivity contribution in [3.63, 3.8) is 0 Å². The molecule has 4 atom stereocenters.